The minimum atomic E-state index is -0.437. The Morgan fingerprint density at radius 3 is 1.39 bits per heavy atom. The first-order valence-electron chi connectivity index (χ1n) is 12.8. The number of furan rings is 2. The van der Waals surface area contributed by atoms with Gasteiger partial charge in [-0.3, -0.25) is 9.59 Å². The van der Waals surface area contributed by atoms with E-state index in [-0.39, 0.29) is 20.1 Å². The zero-order chi connectivity index (χ0) is 29.8. The summed E-state index contributed by atoms with van der Waals surface area (Å²) in [5, 5.41) is -0.140. The fourth-order valence-corrected chi connectivity index (χ4v) is 5.09. The van der Waals surface area contributed by atoms with Crippen molar-refractivity contribution in [3.63, 3.8) is 0 Å². The Bertz CT molecular complexity index is 1570. The molecule has 0 fully saturated rings. The Morgan fingerprint density at radius 1 is 0.659 bits per heavy atom. The number of hydrogen-bond acceptors (Lipinski definition) is 5. The number of hydrogen-bond donors (Lipinski definition) is 0. The summed E-state index contributed by atoms with van der Waals surface area (Å²) in [5.74, 6) is 0.945. The number of halogens is 4. The Labute approximate surface area is 258 Å². The van der Waals surface area contributed by atoms with E-state index in [1.165, 1.54) is 12.5 Å². The number of carbonyl (C=O) groups is 2. The number of ketones is 2. The number of Topliss-reactive ketones (excluding diaryl/α,β-unsaturated/α-hetero) is 2. The third kappa shape index (κ3) is 6.49. The molecule has 9 heteroatoms. The molecule has 4 rings (SSSR count). The van der Waals surface area contributed by atoms with Crippen LogP contribution in [0.5, 0.6) is 11.5 Å². The van der Waals surface area contributed by atoms with E-state index < -0.39 is 11.6 Å². The van der Waals surface area contributed by atoms with Crippen molar-refractivity contribution < 1.29 is 23.2 Å². The number of allylic oxidation sites excluding steroid dienone is 2. The highest BCUT2D eigenvalue weighted by atomic mass is 35.5. The van der Waals surface area contributed by atoms with Crippen LogP contribution < -0.4 is 4.74 Å². The summed E-state index contributed by atoms with van der Waals surface area (Å²) in [4.78, 5) is 26.1. The first-order valence-corrected chi connectivity index (χ1v) is 14.3. The van der Waals surface area contributed by atoms with Crippen molar-refractivity contribution in [1.82, 2.24) is 0 Å². The molecule has 2 aromatic carbocycles. The van der Waals surface area contributed by atoms with Gasteiger partial charge in [-0.1, -0.05) is 60.3 Å². The Morgan fingerprint density at radius 2 is 1.05 bits per heavy atom. The summed E-state index contributed by atoms with van der Waals surface area (Å²) in [6, 6.07) is 13.5. The molecular weight excluding hydrogens is 606 g/mol. The fourth-order valence-electron chi connectivity index (χ4n) is 4.19. The van der Waals surface area contributed by atoms with Crippen LogP contribution in [-0.2, 0) is 12.8 Å². The molecule has 2 aromatic heterocycles. The van der Waals surface area contributed by atoms with Crippen LogP contribution in [0.3, 0.4) is 0 Å². The minimum absolute atomic E-state index is 0.0629. The first-order chi connectivity index (χ1) is 19.6. The van der Waals surface area contributed by atoms with E-state index in [9.17, 15) is 9.59 Å². The number of carbonyl (C=O) groups excluding carboxylic acids is 2. The molecule has 0 bridgehead atoms. The standard InChI is InChI=1S/C32H26Cl4O5/c1-5-19-11-13-39-31(19)27(35)25(33)29(37)21-7-9-23(17(3)15-21)41-24-10-8-22(16-18(24)4)30(38)26(34)28(36)32-20(6-2)12-14-40-32/h7-16H,5-6H2,1-4H3/b27-25+,28-26+. The second-order valence-corrected chi connectivity index (χ2v) is 10.7. The summed E-state index contributed by atoms with van der Waals surface area (Å²) in [6.45, 7) is 7.53. The predicted octanol–water partition coefficient (Wildman–Crippen LogP) is 10.5. The minimum Gasteiger partial charge on any atom is -0.463 e. The van der Waals surface area contributed by atoms with E-state index in [0.717, 1.165) is 11.1 Å². The highest BCUT2D eigenvalue weighted by molar-refractivity contribution is 6.61. The van der Waals surface area contributed by atoms with Crippen LogP contribution in [-0.4, -0.2) is 11.6 Å². The van der Waals surface area contributed by atoms with Crippen LogP contribution in [0.15, 0.2) is 80.0 Å². The van der Waals surface area contributed by atoms with Crippen molar-refractivity contribution in [2.75, 3.05) is 0 Å². The van der Waals surface area contributed by atoms with Crippen molar-refractivity contribution >= 4 is 68.0 Å². The maximum atomic E-state index is 13.1. The van der Waals surface area contributed by atoms with Gasteiger partial charge in [0.15, 0.2) is 0 Å². The van der Waals surface area contributed by atoms with Gasteiger partial charge < -0.3 is 13.6 Å². The van der Waals surface area contributed by atoms with E-state index in [1.54, 1.807) is 48.5 Å². The Hall–Kier alpha value is -3.22. The lowest BCUT2D eigenvalue weighted by Gasteiger charge is -2.13. The first kappa shape index (κ1) is 30.7. The SMILES string of the molecule is CCc1ccoc1/C(Cl)=C(\Cl)C(=O)c1ccc(Oc2ccc(C(=O)/C(Cl)=C(\Cl)c3occc3CC)cc2C)c(C)c1. The summed E-state index contributed by atoms with van der Waals surface area (Å²) < 4.78 is 17.0. The quantitative estimate of drug-likeness (QED) is 0.129. The summed E-state index contributed by atoms with van der Waals surface area (Å²) >= 11 is 25.5. The fraction of sp³-hybridized carbons (Fsp3) is 0.188. The van der Waals surface area contributed by atoms with Crippen LogP contribution in [0.1, 0.15) is 68.3 Å². The lowest BCUT2D eigenvalue weighted by molar-refractivity contribution is 0.103. The third-order valence-corrected chi connectivity index (χ3v) is 8.17. The van der Waals surface area contributed by atoms with Gasteiger partial charge in [0.25, 0.3) is 0 Å². The lowest BCUT2D eigenvalue weighted by Crippen LogP contribution is -2.03. The van der Waals surface area contributed by atoms with Gasteiger partial charge in [-0.2, -0.15) is 0 Å². The summed E-state index contributed by atoms with van der Waals surface area (Å²) in [6.07, 6.45) is 4.38. The van der Waals surface area contributed by atoms with Gasteiger partial charge in [0.05, 0.1) is 12.5 Å². The molecule has 0 aliphatic rings. The van der Waals surface area contributed by atoms with Crippen molar-refractivity contribution in [1.29, 1.82) is 0 Å². The van der Waals surface area contributed by atoms with Gasteiger partial charge in [-0.15, -0.1) is 0 Å². The monoisotopic (exact) mass is 630 g/mol. The second kappa shape index (κ2) is 13.2. The zero-order valence-electron chi connectivity index (χ0n) is 22.7. The van der Waals surface area contributed by atoms with E-state index >= 15 is 0 Å². The molecule has 5 nitrogen and oxygen atoms in total. The Kier molecular flexibility index (Phi) is 9.88. The molecule has 4 aromatic rings. The maximum Gasteiger partial charge on any atom is 0.206 e. The van der Waals surface area contributed by atoms with Crippen LogP contribution in [0.25, 0.3) is 10.1 Å². The van der Waals surface area contributed by atoms with Gasteiger partial charge in [-0.25, -0.2) is 0 Å². The molecular formula is C32H26Cl4O5. The molecule has 0 saturated heterocycles. The third-order valence-electron chi connectivity index (χ3n) is 6.53. The summed E-state index contributed by atoms with van der Waals surface area (Å²) in [5.41, 5.74) is 3.81. The number of rotatable bonds is 10. The van der Waals surface area contributed by atoms with Crippen molar-refractivity contribution in [2.45, 2.75) is 40.5 Å². The molecule has 0 aliphatic heterocycles. The number of benzene rings is 2. The zero-order valence-corrected chi connectivity index (χ0v) is 25.8. The average molecular weight is 632 g/mol. The van der Waals surface area contributed by atoms with Crippen LogP contribution in [0, 0.1) is 13.8 Å². The topological polar surface area (TPSA) is 69.7 Å². The molecule has 0 N–H and O–H groups in total. The van der Waals surface area contributed by atoms with Crippen molar-refractivity contribution in [2.24, 2.45) is 0 Å². The molecule has 0 saturated carbocycles. The van der Waals surface area contributed by atoms with Gasteiger partial charge in [0, 0.05) is 11.1 Å². The normalized spacial score (nSPS) is 12.6. The van der Waals surface area contributed by atoms with Gasteiger partial charge >= 0.3 is 0 Å². The molecule has 212 valence electrons. The van der Waals surface area contributed by atoms with Gasteiger partial charge in [0.2, 0.25) is 11.6 Å². The van der Waals surface area contributed by atoms with Crippen LogP contribution in [0.2, 0.25) is 0 Å². The molecule has 41 heavy (non-hydrogen) atoms. The number of ether oxygens (including phenoxy) is 1. The highest BCUT2D eigenvalue weighted by Gasteiger charge is 2.22. The Balaban J connectivity index is 1.53. The smallest absolute Gasteiger partial charge is 0.206 e. The largest absolute Gasteiger partial charge is 0.463 e. The van der Waals surface area contributed by atoms with E-state index in [0.29, 0.717) is 58.1 Å². The van der Waals surface area contributed by atoms with Gasteiger partial charge in [-0.05, 0) is 97.5 Å². The lowest BCUT2D eigenvalue weighted by atomic mass is 10.0. The molecule has 0 amide bonds. The van der Waals surface area contributed by atoms with Crippen molar-refractivity contribution in [3.8, 4) is 11.5 Å². The van der Waals surface area contributed by atoms with E-state index in [4.69, 9.17) is 60.0 Å². The molecule has 0 aliphatic carbocycles. The second-order valence-electron chi connectivity index (χ2n) is 9.23. The van der Waals surface area contributed by atoms with Gasteiger partial charge in [0.1, 0.15) is 43.1 Å². The van der Waals surface area contributed by atoms with E-state index in [1.807, 2.05) is 27.7 Å². The molecule has 2 heterocycles. The van der Waals surface area contributed by atoms with E-state index in [2.05, 4.69) is 0 Å². The van der Waals surface area contributed by atoms with Crippen LogP contribution in [0.4, 0.5) is 0 Å². The van der Waals surface area contributed by atoms with Crippen LogP contribution >= 0.6 is 46.4 Å². The average Bonchev–Trinajstić information content (AvgIpc) is 3.66. The highest BCUT2D eigenvalue weighted by Crippen LogP contribution is 2.35. The molecule has 0 atom stereocenters. The molecule has 0 radical (unpaired) electrons. The number of aryl methyl sites for hydroxylation is 4. The molecule has 0 spiro atoms. The maximum absolute atomic E-state index is 13.1. The summed E-state index contributed by atoms with van der Waals surface area (Å²) in [7, 11) is 0. The predicted molar refractivity (Wildman–Crippen MR) is 165 cm³/mol. The van der Waals surface area contributed by atoms with Crippen molar-refractivity contribution in [3.05, 3.63) is 116 Å². The molecule has 0 unspecified atom stereocenters.